The van der Waals surface area contributed by atoms with Gasteiger partial charge in [0.1, 0.15) is 0 Å². The van der Waals surface area contributed by atoms with E-state index in [1.165, 1.54) is 0 Å². The SMILES string of the molecule is CCC(CN)COc1ccccc1OC. The summed E-state index contributed by atoms with van der Waals surface area (Å²) >= 11 is 0. The average molecular weight is 209 g/mol. The number of benzene rings is 1. The molecule has 1 rings (SSSR count). The van der Waals surface area contributed by atoms with Gasteiger partial charge in [-0.05, 0) is 25.1 Å². The molecule has 0 heterocycles. The van der Waals surface area contributed by atoms with Crippen LogP contribution in [0.1, 0.15) is 13.3 Å². The van der Waals surface area contributed by atoms with E-state index >= 15 is 0 Å². The quantitative estimate of drug-likeness (QED) is 0.780. The number of methoxy groups -OCH3 is 1. The van der Waals surface area contributed by atoms with Crippen molar-refractivity contribution in [2.45, 2.75) is 13.3 Å². The molecule has 15 heavy (non-hydrogen) atoms. The largest absolute Gasteiger partial charge is 0.493 e. The molecule has 0 radical (unpaired) electrons. The Hall–Kier alpha value is -1.22. The lowest BCUT2D eigenvalue weighted by atomic mass is 10.1. The summed E-state index contributed by atoms with van der Waals surface area (Å²) in [5.74, 6) is 1.96. The fourth-order valence-corrected chi connectivity index (χ4v) is 1.30. The predicted octanol–water partition coefficient (Wildman–Crippen LogP) is 2.06. The summed E-state index contributed by atoms with van der Waals surface area (Å²) in [5, 5.41) is 0. The lowest BCUT2D eigenvalue weighted by molar-refractivity contribution is 0.238. The van der Waals surface area contributed by atoms with Crippen LogP contribution < -0.4 is 15.2 Å². The van der Waals surface area contributed by atoms with Crippen LogP contribution in [-0.2, 0) is 0 Å². The highest BCUT2D eigenvalue weighted by Gasteiger charge is 2.07. The van der Waals surface area contributed by atoms with E-state index in [0.29, 0.717) is 19.1 Å². The van der Waals surface area contributed by atoms with Gasteiger partial charge in [0.15, 0.2) is 11.5 Å². The molecule has 0 bridgehead atoms. The lowest BCUT2D eigenvalue weighted by Gasteiger charge is -2.15. The van der Waals surface area contributed by atoms with Crippen LogP contribution in [0.3, 0.4) is 0 Å². The first kappa shape index (κ1) is 11.9. The van der Waals surface area contributed by atoms with Crippen molar-refractivity contribution in [2.75, 3.05) is 20.3 Å². The van der Waals surface area contributed by atoms with Gasteiger partial charge in [0.2, 0.25) is 0 Å². The molecule has 84 valence electrons. The maximum atomic E-state index is 5.67. The lowest BCUT2D eigenvalue weighted by Crippen LogP contribution is -2.20. The van der Waals surface area contributed by atoms with Crippen LogP contribution in [0, 0.1) is 5.92 Å². The number of nitrogens with two attached hydrogens (primary N) is 1. The zero-order valence-electron chi connectivity index (χ0n) is 9.40. The summed E-state index contributed by atoms with van der Waals surface area (Å²) in [6, 6.07) is 7.65. The van der Waals surface area contributed by atoms with Gasteiger partial charge < -0.3 is 15.2 Å². The molecule has 1 atom stereocenters. The molecule has 0 aliphatic rings. The smallest absolute Gasteiger partial charge is 0.161 e. The average Bonchev–Trinajstić information content (AvgIpc) is 2.31. The number of hydrogen-bond donors (Lipinski definition) is 1. The first-order valence-electron chi connectivity index (χ1n) is 5.27. The van der Waals surface area contributed by atoms with Crippen molar-refractivity contribution in [3.63, 3.8) is 0 Å². The zero-order chi connectivity index (χ0) is 11.1. The Labute approximate surface area is 91.2 Å². The van der Waals surface area contributed by atoms with E-state index in [0.717, 1.165) is 17.9 Å². The molecule has 0 aliphatic carbocycles. The molecule has 3 heteroatoms. The maximum absolute atomic E-state index is 5.67. The molecule has 0 spiro atoms. The van der Waals surface area contributed by atoms with Gasteiger partial charge in [-0.1, -0.05) is 19.1 Å². The van der Waals surface area contributed by atoms with Crippen LogP contribution in [0.5, 0.6) is 11.5 Å². The minimum Gasteiger partial charge on any atom is -0.493 e. The molecule has 0 aliphatic heterocycles. The van der Waals surface area contributed by atoms with Crippen molar-refractivity contribution in [1.29, 1.82) is 0 Å². The van der Waals surface area contributed by atoms with Crippen molar-refractivity contribution in [3.8, 4) is 11.5 Å². The Kier molecular flexibility index (Phi) is 4.98. The van der Waals surface area contributed by atoms with Gasteiger partial charge in [0, 0.05) is 5.92 Å². The monoisotopic (exact) mass is 209 g/mol. The van der Waals surface area contributed by atoms with Gasteiger partial charge in [-0.3, -0.25) is 0 Å². The fourth-order valence-electron chi connectivity index (χ4n) is 1.30. The van der Waals surface area contributed by atoms with E-state index in [9.17, 15) is 0 Å². The van der Waals surface area contributed by atoms with Crippen molar-refractivity contribution in [1.82, 2.24) is 0 Å². The van der Waals surface area contributed by atoms with Crippen LogP contribution in [0.4, 0.5) is 0 Å². The van der Waals surface area contributed by atoms with E-state index in [-0.39, 0.29) is 0 Å². The highest BCUT2D eigenvalue weighted by Crippen LogP contribution is 2.26. The molecular weight excluding hydrogens is 190 g/mol. The molecule has 0 saturated heterocycles. The third-order valence-corrected chi connectivity index (χ3v) is 2.45. The van der Waals surface area contributed by atoms with Gasteiger partial charge in [0.25, 0.3) is 0 Å². The topological polar surface area (TPSA) is 44.5 Å². The van der Waals surface area contributed by atoms with Crippen molar-refractivity contribution in [2.24, 2.45) is 11.7 Å². The Bertz CT molecular complexity index is 285. The maximum Gasteiger partial charge on any atom is 0.161 e. The van der Waals surface area contributed by atoms with Gasteiger partial charge in [-0.2, -0.15) is 0 Å². The molecule has 2 N–H and O–H groups in total. The minimum atomic E-state index is 0.412. The van der Waals surface area contributed by atoms with Crippen LogP contribution >= 0.6 is 0 Å². The van der Waals surface area contributed by atoms with Gasteiger partial charge in [-0.15, -0.1) is 0 Å². The molecule has 0 aromatic heterocycles. The number of para-hydroxylation sites is 2. The summed E-state index contributed by atoms with van der Waals surface area (Å²) in [6.45, 7) is 3.42. The standard InChI is InChI=1S/C12H19NO2/c1-3-10(8-13)9-15-12-7-5-4-6-11(12)14-2/h4-7,10H,3,8-9,13H2,1-2H3. The van der Waals surface area contributed by atoms with Crippen LogP contribution in [0.15, 0.2) is 24.3 Å². The molecular formula is C12H19NO2. The molecule has 1 aromatic rings. The third kappa shape index (κ3) is 3.44. The molecule has 0 saturated carbocycles. The first-order valence-corrected chi connectivity index (χ1v) is 5.27. The zero-order valence-corrected chi connectivity index (χ0v) is 9.40. The molecule has 1 aromatic carbocycles. The highest BCUT2D eigenvalue weighted by molar-refractivity contribution is 5.39. The Morgan fingerprint density at radius 2 is 1.93 bits per heavy atom. The van der Waals surface area contributed by atoms with Gasteiger partial charge in [0.05, 0.1) is 13.7 Å². The Morgan fingerprint density at radius 1 is 1.27 bits per heavy atom. The second-order valence-electron chi connectivity index (χ2n) is 3.47. The fraction of sp³-hybridized carbons (Fsp3) is 0.500. The van der Waals surface area contributed by atoms with E-state index in [4.69, 9.17) is 15.2 Å². The van der Waals surface area contributed by atoms with E-state index in [1.807, 2.05) is 24.3 Å². The second-order valence-corrected chi connectivity index (χ2v) is 3.47. The summed E-state index contributed by atoms with van der Waals surface area (Å²) in [6.07, 6.45) is 1.03. The molecule has 0 fully saturated rings. The summed E-state index contributed by atoms with van der Waals surface area (Å²) in [4.78, 5) is 0. The molecule has 0 amide bonds. The van der Waals surface area contributed by atoms with Gasteiger partial charge in [-0.25, -0.2) is 0 Å². The highest BCUT2D eigenvalue weighted by atomic mass is 16.5. The van der Waals surface area contributed by atoms with Crippen LogP contribution in [0.25, 0.3) is 0 Å². The second kappa shape index (κ2) is 6.30. The minimum absolute atomic E-state index is 0.412. The van der Waals surface area contributed by atoms with Crippen molar-refractivity contribution in [3.05, 3.63) is 24.3 Å². The van der Waals surface area contributed by atoms with Crippen LogP contribution in [-0.4, -0.2) is 20.3 Å². The number of rotatable bonds is 6. The van der Waals surface area contributed by atoms with Crippen molar-refractivity contribution < 1.29 is 9.47 Å². The predicted molar refractivity (Wildman–Crippen MR) is 61.3 cm³/mol. The third-order valence-electron chi connectivity index (χ3n) is 2.45. The summed E-state index contributed by atoms with van der Waals surface area (Å²) in [5.41, 5.74) is 5.61. The first-order chi connectivity index (χ1) is 7.31. The Morgan fingerprint density at radius 3 is 2.47 bits per heavy atom. The number of hydrogen-bond acceptors (Lipinski definition) is 3. The van der Waals surface area contributed by atoms with E-state index < -0.39 is 0 Å². The molecule has 3 nitrogen and oxygen atoms in total. The molecule has 1 unspecified atom stereocenters. The van der Waals surface area contributed by atoms with Crippen molar-refractivity contribution >= 4 is 0 Å². The Balaban J connectivity index is 2.56. The van der Waals surface area contributed by atoms with Crippen LogP contribution in [0.2, 0.25) is 0 Å². The summed E-state index contributed by atoms with van der Waals surface area (Å²) in [7, 11) is 1.64. The summed E-state index contributed by atoms with van der Waals surface area (Å²) < 4.78 is 10.9. The van der Waals surface area contributed by atoms with E-state index in [1.54, 1.807) is 7.11 Å². The van der Waals surface area contributed by atoms with Gasteiger partial charge >= 0.3 is 0 Å². The normalized spacial score (nSPS) is 12.2. The van der Waals surface area contributed by atoms with E-state index in [2.05, 4.69) is 6.92 Å². The number of ether oxygens (including phenoxy) is 2.